The fourth-order valence-electron chi connectivity index (χ4n) is 9.45. The van der Waals surface area contributed by atoms with Crippen LogP contribution in [0.25, 0.3) is 88.0 Å². The zero-order valence-electron chi connectivity index (χ0n) is 31.6. The summed E-state index contributed by atoms with van der Waals surface area (Å²) >= 11 is 0. The third kappa shape index (κ3) is 4.93. The maximum atomic E-state index is 6.38. The summed E-state index contributed by atoms with van der Waals surface area (Å²) in [6, 6.07) is 66.4. The summed E-state index contributed by atoms with van der Waals surface area (Å²) in [5.74, 6) is 1.01. The van der Waals surface area contributed by atoms with Gasteiger partial charge in [0.05, 0.1) is 28.1 Å². The molecule has 0 bridgehead atoms. The first-order valence-corrected chi connectivity index (χ1v) is 20.0. The lowest BCUT2D eigenvalue weighted by Crippen LogP contribution is -2.11. The first kappa shape index (κ1) is 32.6. The van der Waals surface area contributed by atoms with Crippen LogP contribution in [0.3, 0.4) is 0 Å². The molecule has 0 aliphatic heterocycles. The summed E-state index contributed by atoms with van der Waals surface area (Å²) in [4.78, 5) is 2.44. The molecule has 0 N–H and O–H groups in total. The third-order valence-electron chi connectivity index (χ3n) is 12.0. The fourth-order valence-corrected chi connectivity index (χ4v) is 9.45. The van der Waals surface area contributed by atoms with Gasteiger partial charge in [0.25, 0.3) is 0 Å². The van der Waals surface area contributed by atoms with Gasteiger partial charge in [-0.1, -0.05) is 158 Å². The second-order valence-electron chi connectivity index (χ2n) is 15.2. The van der Waals surface area contributed by atoms with Crippen molar-refractivity contribution in [3.63, 3.8) is 0 Å². The number of fused-ring (bicyclic) bond motifs is 10. The Hall–Kier alpha value is -7.62. The number of para-hydroxylation sites is 1. The topological polar surface area (TPSA) is 21.3 Å². The minimum absolute atomic E-state index is 0.788. The zero-order chi connectivity index (χ0) is 38.2. The van der Waals surface area contributed by atoms with Gasteiger partial charge in [-0.15, -0.1) is 0 Å². The Morgan fingerprint density at radius 2 is 1.16 bits per heavy atom. The molecule has 1 aliphatic rings. The number of aromatic nitrogens is 1. The highest BCUT2D eigenvalue weighted by molar-refractivity contribution is 6.22. The zero-order valence-corrected chi connectivity index (χ0v) is 31.6. The fraction of sp³-hybridized carbons (Fsp3) is 0.0182. The van der Waals surface area contributed by atoms with Gasteiger partial charge in [-0.2, -0.15) is 0 Å². The number of hydrogen-bond donors (Lipinski definition) is 0. The molecule has 0 spiro atoms. The van der Waals surface area contributed by atoms with E-state index in [1.54, 1.807) is 0 Å². The molecule has 3 heteroatoms. The molecule has 0 saturated heterocycles. The summed E-state index contributed by atoms with van der Waals surface area (Å²) < 4.78 is 8.84. The maximum absolute atomic E-state index is 6.38. The van der Waals surface area contributed by atoms with E-state index in [1.807, 2.05) is 0 Å². The number of hydrogen-bond acceptors (Lipinski definition) is 2. The number of rotatable bonds is 5. The number of allylic oxidation sites excluding steroid dienone is 3. The van der Waals surface area contributed by atoms with Gasteiger partial charge in [0, 0.05) is 50.0 Å². The van der Waals surface area contributed by atoms with Crippen molar-refractivity contribution in [1.82, 2.24) is 4.57 Å². The van der Waals surface area contributed by atoms with Crippen molar-refractivity contribution >= 4 is 88.2 Å². The lowest BCUT2D eigenvalue weighted by atomic mass is 9.97. The lowest BCUT2D eigenvalue weighted by molar-refractivity contribution is 0.564. The van der Waals surface area contributed by atoms with Crippen LogP contribution >= 0.6 is 0 Å². The number of nitrogens with zero attached hydrogens (tertiary/aromatic N) is 2. The molecule has 0 radical (unpaired) electrons. The minimum Gasteiger partial charge on any atom is -0.460 e. The minimum atomic E-state index is 0.788. The van der Waals surface area contributed by atoms with Crippen molar-refractivity contribution in [3.05, 3.63) is 212 Å². The highest BCUT2D eigenvalue weighted by atomic mass is 16.3. The molecule has 12 rings (SSSR count). The van der Waals surface area contributed by atoms with E-state index in [1.165, 1.54) is 65.3 Å². The summed E-state index contributed by atoms with van der Waals surface area (Å²) in [6.45, 7) is 0. The van der Waals surface area contributed by atoms with E-state index in [0.29, 0.717) is 0 Å². The van der Waals surface area contributed by atoms with E-state index in [-0.39, 0.29) is 0 Å². The first-order chi connectivity index (χ1) is 28.8. The molecule has 9 aromatic carbocycles. The van der Waals surface area contributed by atoms with Crippen molar-refractivity contribution in [2.45, 2.75) is 6.42 Å². The van der Waals surface area contributed by atoms with E-state index in [9.17, 15) is 0 Å². The molecule has 0 fully saturated rings. The molecule has 0 amide bonds. The largest absolute Gasteiger partial charge is 0.460 e. The van der Waals surface area contributed by atoms with Crippen LogP contribution in [-0.4, -0.2) is 4.57 Å². The van der Waals surface area contributed by atoms with Crippen molar-refractivity contribution in [1.29, 1.82) is 0 Å². The van der Waals surface area contributed by atoms with Crippen molar-refractivity contribution < 1.29 is 4.42 Å². The Morgan fingerprint density at radius 1 is 0.466 bits per heavy atom. The van der Waals surface area contributed by atoms with Gasteiger partial charge in [0.1, 0.15) is 11.3 Å². The number of anilines is 3. The quantitative estimate of drug-likeness (QED) is 0.175. The molecule has 11 aromatic rings. The smallest absolute Gasteiger partial charge is 0.135 e. The Balaban J connectivity index is 1.07. The van der Waals surface area contributed by atoms with E-state index in [0.717, 1.165) is 51.5 Å². The van der Waals surface area contributed by atoms with E-state index in [2.05, 4.69) is 216 Å². The van der Waals surface area contributed by atoms with Gasteiger partial charge in [0.2, 0.25) is 0 Å². The molecule has 3 nitrogen and oxygen atoms in total. The Bertz CT molecular complexity index is 3480. The lowest BCUT2D eigenvalue weighted by Gasteiger charge is -2.29. The van der Waals surface area contributed by atoms with Gasteiger partial charge in [0.15, 0.2) is 0 Å². The first-order valence-electron chi connectivity index (χ1n) is 20.0. The van der Waals surface area contributed by atoms with Crippen LogP contribution < -0.4 is 4.90 Å². The Morgan fingerprint density at radius 3 is 2.02 bits per heavy atom. The van der Waals surface area contributed by atoms with Gasteiger partial charge in [-0.3, -0.25) is 0 Å². The van der Waals surface area contributed by atoms with Crippen LogP contribution in [0.15, 0.2) is 205 Å². The monoisotopic (exact) mass is 740 g/mol. The van der Waals surface area contributed by atoms with Crippen LogP contribution in [0.5, 0.6) is 0 Å². The number of furan rings is 1. The second kappa shape index (κ2) is 13.0. The third-order valence-corrected chi connectivity index (χ3v) is 12.0. The summed E-state index contributed by atoms with van der Waals surface area (Å²) in [5, 5.41) is 11.0. The second-order valence-corrected chi connectivity index (χ2v) is 15.2. The van der Waals surface area contributed by atoms with E-state index < -0.39 is 0 Å². The number of benzene rings is 9. The van der Waals surface area contributed by atoms with Crippen LogP contribution in [0.1, 0.15) is 11.3 Å². The standard InChI is InChI=1S/C55H36N2O/c1-2-22-46-52(26-3-1)58-53-27-13-23-42(55(46)53)38-28-31-39(32-29-38)56(47-25-12-16-36-14-4-6-17-40(36)47)49-34-35-50(44-20-9-8-19-43(44)49)57-48-24-11-10-21-45(48)54-41-18-7-5-15-37(41)30-33-51(54)57/h1-25,27-35H,26H2. The maximum Gasteiger partial charge on any atom is 0.135 e. The average Bonchev–Trinajstić information content (AvgIpc) is 3.72. The molecule has 2 aromatic heterocycles. The van der Waals surface area contributed by atoms with Crippen LogP contribution in [-0.2, 0) is 6.42 Å². The van der Waals surface area contributed by atoms with Crippen LogP contribution in [0.2, 0.25) is 0 Å². The predicted molar refractivity (Wildman–Crippen MR) is 245 cm³/mol. The molecular formula is C55H36N2O. The molecule has 0 unspecified atom stereocenters. The van der Waals surface area contributed by atoms with E-state index in [4.69, 9.17) is 4.42 Å². The molecule has 58 heavy (non-hydrogen) atoms. The Labute approximate surface area is 335 Å². The highest BCUT2D eigenvalue weighted by Crippen LogP contribution is 2.46. The summed E-state index contributed by atoms with van der Waals surface area (Å²) in [5.41, 5.74) is 11.3. The van der Waals surface area contributed by atoms with Gasteiger partial charge < -0.3 is 13.9 Å². The molecule has 2 heterocycles. The summed E-state index contributed by atoms with van der Waals surface area (Å²) in [6.07, 6.45) is 9.34. The molecule has 272 valence electrons. The normalized spacial score (nSPS) is 12.6. The summed E-state index contributed by atoms with van der Waals surface area (Å²) in [7, 11) is 0. The van der Waals surface area contributed by atoms with Crippen molar-refractivity contribution in [2.24, 2.45) is 0 Å². The van der Waals surface area contributed by atoms with Gasteiger partial charge >= 0.3 is 0 Å². The predicted octanol–water partition coefficient (Wildman–Crippen LogP) is 15.3. The molecule has 1 aliphatic carbocycles. The van der Waals surface area contributed by atoms with Crippen LogP contribution in [0.4, 0.5) is 17.1 Å². The molecule has 0 saturated carbocycles. The average molecular weight is 741 g/mol. The van der Waals surface area contributed by atoms with Gasteiger partial charge in [-0.05, 0) is 75.8 Å². The van der Waals surface area contributed by atoms with Crippen LogP contribution in [0, 0.1) is 0 Å². The Kier molecular flexibility index (Phi) is 7.29. The molecule has 0 atom stereocenters. The molecular weight excluding hydrogens is 705 g/mol. The SMILES string of the molecule is C1=CCc2oc3cccc(-c4ccc(N(c5cccc6ccccc56)c5ccc(-n6c7ccccc7c7c8ccccc8ccc76)c6ccccc56)cc4)c3c2C=C1. The van der Waals surface area contributed by atoms with E-state index >= 15 is 0 Å². The highest BCUT2D eigenvalue weighted by Gasteiger charge is 2.22. The van der Waals surface area contributed by atoms with Gasteiger partial charge in [-0.25, -0.2) is 0 Å². The van der Waals surface area contributed by atoms with Crippen molar-refractivity contribution in [2.75, 3.05) is 4.90 Å². The van der Waals surface area contributed by atoms with Crippen molar-refractivity contribution in [3.8, 4) is 16.8 Å².